The first-order chi connectivity index (χ1) is 8.70. The van der Waals surface area contributed by atoms with Gasteiger partial charge in [0, 0.05) is 23.2 Å². The Morgan fingerprint density at radius 2 is 2.44 bits per heavy atom. The van der Waals surface area contributed by atoms with E-state index in [1.807, 2.05) is 18.2 Å². The van der Waals surface area contributed by atoms with Crippen molar-refractivity contribution in [3.63, 3.8) is 0 Å². The van der Waals surface area contributed by atoms with Crippen LogP contribution in [0.2, 0.25) is 0 Å². The SMILES string of the molecule is COc1ccc(Br)cc1CNC(=O)C1CCCO1. The highest BCUT2D eigenvalue weighted by atomic mass is 79.9. The Hall–Kier alpha value is -1.07. The van der Waals surface area contributed by atoms with Gasteiger partial charge in [0.15, 0.2) is 0 Å². The van der Waals surface area contributed by atoms with Gasteiger partial charge >= 0.3 is 0 Å². The van der Waals surface area contributed by atoms with Crippen LogP contribution in [0.4, 0.5) is 0 Å². The third-order valence-electron chi connectivity index (χ3n) is 2.92. The molecule has 0 saturated carbocycles. The maximum Gasteiger partial charge on any atom is 0.249 e. The van der Waals surface area contributed by atoms with Crippen LogP contribution in [0.1, 0.15) is 18.4 Å². The highest BCUT2D eigenvalue weighted by Gasteiger charge is 2.23. The molecule has 5 heteroatoms. The maximum absolute atomic E-state index is 11.8. The number of carbonyl (C=O) groups is 1. The second kappa shape index (κ2) is 6.20. The van der Waals surface area contributed by atoms with Gasteiger partial charge in [-0.25, -0.2) is 0 Å². The van der Waals surface area contributed by atoms with Crippen molar-refractivity contribution in [3.8, 4) is 5.75 Å². The molecule has 1 aromatic rings. The maximum atomic E-state index is 11.8. The second-order valence-corrected chi connectivity index (χ2v) is 5.09. The number of nitrogens with one attached hydrogen (secondary N) is 1. The van der Waals surface area contributed by atoms with Crippen LogP contribution in [0.5, 0.6) is 5.75 Å². The Morgan fingerprint density at radius 3 is 3.11 bits per heavy atom. The molecule has 0 aromatic heterocycles. The highest BCUT2D eigenvalue weighted by Crippen LogP contribution is 2.23. The molecule has 1 atom stereocenters. The zero-order valence-electron chi connectivity index (χ0n) is 10.2. The van der Waals surface area contributed by atoms with Crippen LogP contribution in [0.3, 0.4) is 0 Å². The van der Waals surface area contributed by atoms with Gasteiger partial charge in [-0.1, -0.05) is 15.9 Å². The fourth-order valence-corrected chi connectivity index (χ4v) is 2.37. The van der Waals surface area contributed by atoms with Crippen molar-refractivity contribution in [3.05, 3.63) is 28.2 Å². The van der Waals surface area contributed by atoms with Crippen molar-refractivity contribution < 1.29 is 14.3 Å². The Balaban J connectivity index is 1.96. The third-order valence-corrected chi connectivity index (χ3v) is 3.41. The molecule has 0 radical (unpaired) electrons. The molecule has 1 amide bonds. The normalized spacial score (nSPS) is 18.7. The number of amides is 1. The number of hydrogen-bond acceptors (Lipinski definition) is 3. The standard InChI is InChI=1S/C13H16BrNO3/c1-17-11-5-4-10(14)7-9(11)8-15-13(16)12-3-2-6-18-12/h4-5,7,12H,2-3,6,8H2,1H3,(H,15,16). The molecule has 0 bridgehead atoms. The smallest absolute Gasteiger partial charge is 0.249 e. The number of ether oxygens (including phenoxy) is 2. The topological polar surface area (TPSA) is 47.6 Å². The molecule has 1 aromatic carbocycles. The summed E-state index contributed by atoms with van der Waals surface area (Å²) in [4.78, 5) is 11.8. The Kier molecular flexibility index (Phi) is 4.60. The van der Waals surface area contributed by atoms with Crippen LogP contribution < -0.4 is 10.1 Å². The number of benzene rings is 1. The first-order valence-corrected chi connectivity index (χ1v) is 6.71. The molecule has 1 saturated heterocycles. The van der Waals surface area contributed by atoms with E-state index in [-0.39, 0.29) is 12.0 Å². The molecule has 98 valence electrons. The average molecular weight is 314 g/mol. The van der Waals surface area contributed by atoms with E-state index in [4.69, 9.17) is 9.47 Å². The number of halogens is 1. The molecule has 18 heavy (non-hydrogen) atoms. The minimum atomic E-state index is -0.289. The predicted molar refractivity (Wildman–Crippen MR) is 71.5 cm³/mol. The van der Waals surface area contributed by atoms with Gasteiger partial charge in [-0.3, -0.25) is 4.79 Å². The van der Waals surface area contributed by atoms with E-state index in [9.17, 15) is 4.79 Å². The van der Waals surface area contributed by atoms with E-state index < -0.39 is 0 Å². The van der Waals surface area contributed by atoms with Gasteiger partial charge in [0.05, 0.1) is 7.11 Å². The molecular formula is C13H16BrNO3. The Morgan fingerprint density at radius 1 is 1.61 bits per heavy atom. The first kappa shape index (κ1) is 13.4. The summed E-state index contributed by atoms with van der Waals surface area (Å²) >= 11 is 3.41. The zero-order valence-corrected chi connectivity index (χ0v) is 11.8. The Labute approximate surface area is 115 Å². The van der Waals surface area contributed by atoms with E-state index in [0.717, 1.165) is 28.6 Å². The molecule has 0 spiro atoms. The molecular weight excluding hydrogens is 298 g/mol. The van der Waals surface area contributed by atoms with Crippen LogP contribution in [0, 0.1) is 0 Å². The largest absolute Gasteiger partial charge is 0.496 e. The minimum absolute atomic E-state index is 0.0467. The van der Waals surface area contributed by atoms with E-state index >= 15 is 0 Å². The van der Waals surface area contributed by atoms with Crippen molar-refractivity contribution in [2.24, 2.45) is 0 Å². The van der Waals surface area contributed by atoms with Crippen LogP contribution in [-0.2, 0) is 16.1 Å². The fraction of sp³-hybridized carbons (Fsp3) is 0.462. The van der Waals surface area contributed by atoms with Gasteiger partial charge in [-0.05, 0) is 31.0 Å². The number of hydrogen-bond donors (Lipinski definition) is 1. The van der Waals surface area contributed by atoms with Gasteiger partial charge in [-0.15, -0.1) is 0 Å². The number of rotatable bonds is 4. The number of carbonyl (C=O) groups excluding carboxylic acids is 1. The molecule has 1 aliphatic rings. The monoisotopic (exact) mass is 313 g/mol. The van der Waals surface area contributed by atoms with Crippen molar-refractivity contribution in [2.75, 3.05) is 13.7 Å². The van der Waals surface area contributed by atoms with Crippen molar-refractivity contribution >= 4 is 21.8 Å². The van der Waals surface area contributed by atoms with Gasteiger partial charge in [0.25, 0.3) is 0 Å². The van der Waals surface area contributed by atoms with E-state index in [2.05, 4.69) is 21.2 Å². The lowest BCUT2D eigenvalue weighted by Crippen LogP contribution is -2.33. The van der Waals surface area contributed by atoms with Crippen molar-refractivity contribution in [1.82, 2.24) is 5.32 Å². The summed E-state index contributed by atoms with van der Waals surface area (Å²) in [6.07, 6.45) is 1.47. The van der Waals surface area contributed by atoms with E-state index in [1.54, 1.807) is 7.11 Å². The van der Waals surface area contributed by atoms with E-state index in [1.165, 1.54) is 0 Å². The molecule has 4 nitrogen and oxygen atoms in total. The third kappa shape index (κ3) is 3.23. The first-order valence-electron chi connectivity index (χ1n) is 5.92. The highest BCUT2D eigenvalue weighted by molar-refractivity contribution is 9.10. The molecule has 2 rings (SSSR count). The van der Waals surface area contributed by atoms with Crippen molar-refractivity contribution in [2.45, 2.75) is 25.5 Å². The fourth-order valence-electron chi connectivity index (χ4n) is 1.97. The minimum Gasteiger partial charge on any atom is -0.496 e. The lowest BCUT2D eigenvalue weighted by atomic mass is 10.2. The van der Waals surface area contributed by atoms with Crippen molar-refractivity contribution in [1.29, 1.82) is 0 Å². The summed E-state index contributed by atoms with van der Waals surface area (Å²) < 4.78 is 11.5. The lowest BCUT2D eigenvalue weighted by Gasteiger charge is -2.13. The van der Waals surface area contributed by atoms with Gasteiger partial charge < -0.3 is 14.8 Å². The predicted octanol–water partition coefficient (Wildman–Crippen LogP) is 2.25. The summed E-state index contributed by atoms with van der Waals surface area (Å²) in [6, 6.07) is 5.72. The molecule has 1 fully saturated rings. The molecule has 1 N–H and O–H groups in total. The van der Waals surface area contributed by atoms with E-state index in [0.29, 0.717) is 13.2 Å². The molecule has 0 aliphatic carbocycles. The van der Waals surface area contributed by atoms with Crippen LogP contribution >= 0.6 is 15.9 Å². The molecule has 1 heterocycles. The number of methoxy groups -OCH3 is 1. The van der Waals surface area contributed by atoms with Gasteiger partial charge in [0.1, 0.15) is 11.9 Å². The summed E-state index contributed by atoms with van der Waals surface area (Å²) in [6.45, 7) is 1.12. The molecule has 1 aliphatic heterocycles. The zero-order chi connectivity index (χ0) is 13.0. The van der Waals surface area contributed by atoms with Crippen LogP contribution in [0.25, 0.3) is 0 Å². The Bertz CT molecular complexity index is 430. The quantitative estimate of drug-likeness (QED) is 0.927. The summed E-state index contributed by atoms with van der Waals surface area (Å²) in [5, 5.41) is 2.88. The molecule has 1 unspecified atom stereocenters. The summed E-state index contributed by atoms with van der Waals surface area (Å²) in [7, 11) is 1.62. The second-order valence-electron chi connectivity index (χ2n) is 4.18. The van der Waals surface area contributed by atoms with Gasteiger partial charge in [0.2, 0.25) is 5.91 Å². The summed E-state index contributed by atoms with van der Waals surface area (Å²) in [5.74, 6) is 0.723. The van der Waals surface area contributed by atoms with Crippen LogP contribution in [-0.4, -0.2) is 25.7 Å². The van der Waals surface area contributed by atoms with Crippen LogP contribution in [0.15, 0.2) is 22.7 Å². The summed E-state index contributed by atoms with van der Waals surface area (Å²) in [5.41, 5.74) is 0.943. The average Bonchev–Trinajstić information content (AvgIpc) is 2.90. The lowest BCUT2D eigenvalue weighted by molar-refractivity contribution is -0.130. The van der Waals surface area contributed by atoms with Gasteiger partial charge in [-0.2, -0.15) is 0 Å².